The SMILES string of the molecule is CCOC(=O)c1cc2oc(C)cc2n1Cc1ccc(F)cc1. The van der Waals surface area contributed by atoms with Crippen LogP contribution < -0.4 is 0 Å². The van der Waals surface area contributed by atoms with Crippen molar-refractivity contribution in [2.45, 2.75) is 20.4 Å². The Morgan fingerprint density at radius 2 is 2.00 bits per heavy atom. The second kappa shape index (κ2) is 5.67. The van der Waals surface area contributed by atoms with Crippen LogP contribution in [0.4, 0.5) is 4.39 Å². The van der Waals surface area contributed by atoms with E-state index in [1.165, 1.54) is 12.1 Å². The van der Waals surface area contributed by atoms with Crippen molar-refractivity contribution in [2.24, 2.45) is 0 Å². The first-order valence-corrected chi connectivity index (χ1v) is 7.09. The zero-order valence-corrected chi connectivity index (χ0v) is 12.4. The molecule has 0 saturated carbocycles. The number of carbonyl (C=O) groups excluding carboxylic acids is 1. The van der Waals surface area contributed by atoms with Crippen LogP contribution in [0.15, 0.2) is 40.8 Å². The van der Waals surface area contributed by atoms with Gasteiger partial charge in [-0.3, -0.25) is 0 Å². The van der Waals surface area contributed by atoms with Crippen LogP contribution in [0.1, 0.15) is 28.7 Å². The van der Waals surface area contributed by atoms with Gasteiger partial charge >= 0.3 is 5.97 Å². The Morgan fingerprint density at radius 3 is 2.68 bits per heavy atom. The quantitative estimate of drug-likeness (QED) is 0.686. The predicted octanol–water partition coefficient (Wildman–Crippen LogP) is 3.91. The minimum Gasteiger partial charge on any atom is -0.461 e. The largest absolute Gasteiger partial charge is 0.461 e. The molecule has 0 aliphatic heterocycles. The molecule has 0 atom stereocenters. The number of ether oxygens (including phenoxy) is 1. The van der Waals surface area contributed by atoms with Gasteiger partial charge in [0.1, 0.15) is 17.3 Å². The lowest BCUT2D eigenvalue weighted by Crippen LogP contribution is -2.12. The van der Waals surface area contributed by atoms with Gasteiger partial charge in [-0.25, -0.2) is 9.18 Å². The lowest BCUT2D eigenvalue weighted by molar-refractivity contribution is 0.0515. The summed E-state index contributed by atoms with van der Waals surface area (Å²) in [6.07, 6.45) is 0. The topological polar surface area (TPSA) is 44.4 Å². The van der Waals surface area contributed by atoms with Gasteiger partial charge in [0.2, 0.25) is 0 Å². The van der Waals surface area contributed by atoms with Crippen LogP contribution in [0.5, 0.6) is 0 Å². The van der Waals surface area contributed by atoms with Crippen LogP contribution in [0.3, 0.4) is 0 Å². The van der Waals surface area contributed by atoms with Crippen LogP contribution in [0.2, 0.25) is 0 Å². The zero-order chi connectivity index (χ0) is 15.7. The molecule has 1 aromatic carbocycles. The summed E-state index contributed by atoms with van der Waals surface area (Å²) in [7, 11) is 0. The van der Waals surface area contributed by atoms with Crippen molar-refractivity contribution < 1.29 is 18.3 Å². The molecule has 0 fully saturated rings. The average Bonchev–Trinajstić information content (AvgIpc) is 2.99. The summed E-state index contributed by atoms with van der Waals surface area (Å²) < 4.78 is 25.5. The number of aryl methyl sites for hydroxylation is 1. The van der Waals surface area contributed by atoms with Gasteiger partial charge in [0.25, 0.3) is 0 Å². The van der Waals surface area contributed by atoms with Gasteiger partial charge in [0, 0.05) is 18.7 Å². The normalized spacial score (nSPS) is 11.0. The number of hydrogen-bond acceptors (Lipinski definition) is 3. The molecular formula is C17H16FNO3. The van der Waals surface area contributed by atoms with E-state index in [2.05, 4.69) is 0 Å². The Hall–Kier alpha value is -2.56. The molecule has 0 N–H and O–H groups in total. The van der Waals surface area contributed by atoms with Crippen molar-refractivity contribution in [3.8, 4) is 0 Å². The third kappa shape index (κ3) is 2.62. The molecule has 4 nitrogen and oxygen atoms in total. The molecule has 0 amide bonds. The van der Waals surface area contributed by atoms with Crippen LogP contribution in [-0.4, -0.2) is 17.1 Å². The summed E-state index contributed by atoms with van der Waals surface area (Å²) in [5.41, 5.74) is 2.79. The first kappa shape index (κ1) is 14.4. The Morgan fingerprint density at radius 1 is 1.27 bits per heavy atom. The van der Waals surface area contributed by atoms with Crippen LogP contribution >= 0.6 is 0 Å². The minimum atomic E-state index is -0.395. The van der Waals surface area contributed by atoms with E-state index in [4.69, 9.17) is 9.15 Å². The number of furan rings is 1. The van der Waals surface area contributed by atoms with E-state index >= 15 is 0 Å². The number of nitrogens with zero attached hydrogens (tertiary/aromatic N) is 1. The van der Waals surface area contributed by atoms with E-state index in [0.717, 1.165) is 16.8 Å². The predicted molar refractivity (Wildman–Crippen MR) is 80.4 cm³/mol. The highest BCUT2D eigenvalue weighted by atomic mass is 19.1. The molecule has 114 valence electrons. The molecule has 22 heavy (non-hydrogen) atoms. The van der Waals surface area contributed by atoms with Crippen molar-refractivity contribution in [1.29, 1.82) is 0 Å². The lowest BCUT2D eigenvalue weighted by atomic mass is 10.2. The van der Waals surface area contributed by atoms with Crippen molar-refractivity contribution in [3.63, 3.8) is 0 Å². The highest BCUT2D eigenvalue weighted by Gasteiger charge is 2.19. The second-order valence-electron chi connectivity index (χ2n) is 5.07. The number of hydrogen-bond donors (Lipinski definition) is 0. The van der Waals surface area contributed by atoms with Crippen molar-refractivity contribution in [2.75, 3.05) is 6.61 Å². The Labute approximate surface area is 127 Å². The van der Waals surface area contributed by atoms with Gasteiger partial charge < -0.3 is 13.7 Å². The number of esters is 1. The molecule has 2 heterocycles. The number of benzene rings is 1. The fraction of sp³-hybridized carbons (Fsp3) is 0.235. The fourth-order valence-electron chi connectivity index (χ4n) is 2.48. The molecule has 5 heteroatoms. The van der Waals surface area contributed by atoms with E-state index in [-0.39, 0.29) is 5.82 Å². The number of rotatable bonds is 4. The van der Waals surface area contributed by atoms with Gasteiger partial charge in [0.15, 0.2) is 5.58 Å². The number of carbonyl (C=O) groups is 1. The third-order valence-corrected chi connectivity index (χ3v) is 3.45. The molecule has 3 rings (SSSR count). The molecule has 0 saturated heterocycles. The van der Waals surface area contributed by atoms with Gasteiger partial charge in [-0.1, -0.05) is 12.1 Å². The molecule has 0 aliphatic rings. The van der Waals surface area contributed by atoms with Gasteiger partial charge in [-0.05, 0) is 31.5 Å². The molecule has 0 spiro atoms. The Balaban J connectivity index is 2.05. The molecular weight excluding hydrogens is 285 g/mol. The summed E-state index contributed by atoms with van der Waals surface area (Å²) in [4.78, 5) is 12.1. The summed E-state index contributed by atoms with van der Waals surface area (Å²) in [5, 5.41) is 0. The molecule has 0 radical (unpaired) electrons. The maximum atomic E-state index is 13.0. The number of halogens is 1. The monoisotopic (exact) mass is 301 g/mol. The highest BCUT2D eigenvalue weighted by molar-refractivity contribution is 5.94. The lowest BCUT2D eigenvalue weighted by Gasteiger charge is -2.09. The van der Waals surface area contributed by atoms with Crippen LogP contribution in [-0.2, 0) is 11.3 Å². The van der Waals surface area contributed by atoms with E-state index in [1.54, 1.807) is 25.1 Å². The number of aromatic nitrogens is 1. The fourth-order valence-corrected chi connectivity index (χ4v) is 2.48. The van der Waals surface area contributed by atoms with E-state index in [1.807, 2.05) is 17.6 Å². The summed E-state index contributed by atoms with van der Waals surface area (Å²) in [6.45, 7) is 4.36. The van der Waals surface area contributed by atoms with E-state index < -0.39 is 5.97 Å². The van der Waals surface area contributed by atoms with E-state index in [9.17, 15) is 9.18 Å². The smallest absolute Gasteiger partial charge is 0.355 e. The summed E-state index contributed by atoms with van der Waals surface area (Å²) in [5.74, 6) is 0.0908. The summed E-state index contributed by atoms with van der Waals surface area (Å²) >= 11 is 0. The maximum absolute atomic E-state index is 13.0. The van der Waals surface area contributed by atoms with Gasteiger partial charge in [-0.2, -0.15) is 0 Å². The minimum absolute atomic E-state index is 0.286. The van der Waals surface area contributed by atoms with Crippen molar-refractivity contribution in [1.82, 2.24) is 4.57 Å². The summed E-state index contributed by atoms with van der Waals surface area (Å²) in [6, 6.07) is 9.76. The Bertz CT molecular complexity index is 814. The molecule has 0 unspecified atom stereocenters. The highest BCUT2D eigenvalue weighted by Crippen LogP contribution is 2.25. The number of fused-ring (bicyclic) bond motifs is 1. The van der Waals surface area contributed by atoms with Gasteiger partial charge in [-0.15, -0.1) is 0 Å². The average molecular weight is 301 g/mol. The maximum Gasteiger partial charge on any atom is 0.355 e. The first-order valence-electron chi connectivity index (χ1n) is 7.09. The zero-order valence-electron chi connectivity index (χ0n) is 12.4. The molecule has 0 aliphatic carbocycles. The van der Waals surface area contributed by atoms with Crippen LogP contribution in [0.25, 0.3) is 11.1 Å². The van der Waals surface area contributed by atoms with Crippen LogP contribution in [0, 0.1) is 12.7 Å². The molecule has 2 aromatic heterocycles. The molecule has 0 bridgehead atoms. The van der Waals surface area contributed by atoms with Crippen molar-refractivity contribution >= 4 is 17.1 Å². The molecule has 3 aromatic rings. The van der Waals surface area contributed by atoms with E-state index in [0.29, 0.717) is 24.4 Å². The van der Waals surface area contributed by atoms with Crippen molar-refractivity contribution in [3.05, 3.63) is 59.2 Å². The first-order chi connectivity index (χ1) is 10.6. The van der Waals surface area contributed by atoms with Gasteiger partial charge in [0.05, 0.1) is 12.1 Å². The standard InChI is InChI=1S/C17H16FNO3/c1-3-21-17(20)15-9-16-14(8-11(2)22-16)19(15)10-12-4-6-13(18)7-5-12/h4-9H,3,10H2,1-2H3. The Kier molecular flexibility index (Phi) is 3.71. The third-order valence-electron chi connectivity index (χ3n) is 3.45. The second-order valence-corrected chi connectivity index (χ2v) is 5.07.